The third-order valence-electron chi connectivity index (χ3n) is 17.0. The Hall–Kier alpha value is -7.11. The maximum absolute atomic E-state index is 15.4. The molecule has 2 unspecified atom stereocenters. The molecule has 2 aromatic rings. The molecule has 0 radical (unpaired) electrons. The van der Waals surface area contributed by atoms with Gasteiger partial charge in [0.1, 0.15) is 54.1 Å². The maximum Gasteiger partial charge on any atom is 0.329 e. The second-order valence-electron chi connectivity index (χ2n) is 24.3. The van der Waals surface area contributed by atoms with Crippen LogP contribution in [0.2, 0.25) is 0 Å². The van der Waals surface area contributed by atoms with Crippen LogP contribution in [-0.4, -0.2) is 204 Å². The molecule has 2 aliphatic heterocycles. The first-order chi connectivity index (χ1) is 40.8. The zero-order valence-electron chi connectivity index (χ0n) is 53.9. The van der Waals surface area contributed by atoms with E-state index in [0.29, 0.717) is 42.7 Å². The molecule has 87 heavy (non-hydrogen) atoms. The molecule has 0 spiro atoms. The molecule has 23 nitrogen and oxygen atoms in total. The van der Waals surface area contributed by atoms with Gasteiger partial charge in [-0.05, 0) is 97.7 Å². The van der Waals surface area contributed by atoms with Gasteiger partial charge in [0.2, 0.25) is 53.2 Å². The van der Waals surface area contributed by atoms with Crippen molar-refractivity contribution in [2.45, 2.75) is 176 Å². The number of benzene rings is 2. The number of nitrogens with one attached hydrogen (secondary N) is 4. The number of halogens is 1. The highest BCUT2D eigenvalue weighted by atomic mass is 79.9. The normalized spacial score (nSPS) is 25.5. The van der Waals surface area contributed by atoms with E-state index in [1.807, 2.05) is 13.8 Å². The molecule has 24 heteroatoms. The van der Waals surface area contributed by atoms with Crippen LogP contribution in [-0.2, 0) is 63.9 Å². The molecule has 2 fully saturated rings. The highest BCUT2D eigenvalue weighted by molar-refractivity contribution is 9.10. The Morgan fingerprint density at radius 1 is 0.632 bits per heavy atom. The molecule has 2 heterocycles. The van der Waals surface area contributed by atoms with Crippen molar-refractivity contribution in [2.75, 3.05) is 60.8 Å². The van der Waals surface area contributed by atoms with Crippen molar-refractivity contribution in [3.63, 3.8) is 0 Å². The molecule has 2 aromatic carbocycles. The second kappa shape index (κ2) is 32.7. The summed E-state index contributed by atoms with van der Waals surface area (Å²) in [6.07, 6.45) is -0.155. The van der Waals surface area contributed by atoms with Gasteiger partial charge in [-0.15, -0.1) is 0 Å². The lowest BCUT2D eigenvalue weighted by molar-refractivity contribution is -0.165. The minimum atomic E-state index is -1.57. The number of piperidine rings is 1. The largest absolute Gasteiger partial charge is 0.497 e. The average molecular weight is 1280 g/mol. The molecule has 0 bridgehead atoms. The van der Waals surface area contributed by atoms with Gasteiger partial charge in [0.25, 0.3) is 5.91 Å². The fourth-order valence-electron chi connectivity index (χ4n) is 11.4. The third-order valence-corrected chi connectivity index (χ3v) is 17.5. The van der Waals surface area contributed by atoms with Crippen molar-refractivity contribution in [3.05, 3.63) is 58.6 Å². The predicted molar refractivity (Wildman–Crippen MR) is 332 cm³/mol. The second-order valence-corrected chi connectivity index (χ2v) is 25.2. The Kier molecular flexibility index (Phi) is 27.2. The number of esters is 1. The van der Waals surface area contributed by atoms with Gasteiger partial charge in [-0.25, -0.2) is 4.79 Å². The number of carbonyl (C=O) groups excluding carboxylic acids is 11. The van der Waals surface area contributed by atoms with E-state index in [-0.39, 0.29) is 19.4 Å². The van der Waals surface area contributed by atoms with Crippen LogP contribution in [0.1, 0.15) is 120 Å². The van der Waals surface area contributed by atoms with E-state index in [1.165, 1.54) is 68.9 Å². The average Bonchev–Trinajstić information content (AvgIpc) is 3.04. The third kappa shape index (κ3) is 18.5. The van der Waals surface area contributed by atoms with E-state index in [1.54, 1.807) is 104 Å². The van der Waals surface area contributed by atoms with Crippen LogP contribution < -0.4 is 26.0 Å². The van der Waals surface area contributed by atoms with Crippen LogP contribution >= 0.6 is 15.9 Å². The van der Waals surface area contributed by atoms with Crippen LogP contribution in [0, 0.1) is 29.6 Å². The molecule has 11 atom stereocenters. The van der Waals surface area contributed by atoms with Gasteiger partial charge in [0, 0.05) is 58.4 Å². The first-order valence-electron chi connectivity index (χ1n) is 30.2. The van der Waals surface area contributed by atoms with Gasteiger partial charge in [-0.3, -0.25) is 47.9 Å². The number of ether oxygens (including phenoxy) is 2. The van der Waals surface area contributed by atoms with Crippen molar-refractivity contribution in [1.29, 1.82) is 0 Å². The zero-order chi connectivity index (χ0) is 65.5. The molecule has 0 saturated carbocycles. The summed E-state index contributed by atoms with van der Waals surface area (Å²) in [6, 6.07) is 3.15. The lowest BCUT2D eigenvalue weighted by Crippen LogP contribution is -2.63. The highest BCUT2D eigenvalue weighted by Gasteiger charge is 2.46. The van der Waals surface area contributed by atoms with Gasteiger partial charge in [0.05, 0.1) is 20.1 Å². The van der Waals surface area contributed by atoms with Gasteiger partial charge < -0.3 is 60.1 Å². The predicted octanol–water partition coefficient (Wildman–Crippen LogP) is 4.64. The summed E-state index contributed by atoms with van der Waals surface area (Å²) in [5.74, 6) is -10.2. The summed E-state index contributed by atoms with van der Waals surface area (Å²) in [5, 5.41) is 11.1. The fourth-order valence-corrected chi connectivity index (χ4v) is 11.7. The van der Waals surface area contributed by atoms with Crippen molar-refractivity contribution in [3.8, 4) is 5.75 Å². The minimum absolute atomic E-state index is 0.111. The van der Waals surface area contributed by atoms with E-state index in [2.05, 4.69) is 37.2 Å². The summed E-state index contributed by atoms with van der Waals surface area (Å²) in [4.78, 5) is 169. The highest BCUT2D eigenvalue weighted by Crippen LogP contribution is 2.27. The summed E-state index contributed by atoms with van der Waals surface area (Å²) >= 11 is 3.39. The van der Waals surface area contributed by atoms with Crippen LogP contribution in [0.4, 0.5) is 5.69 Å². The van der Waals surface area contributed by atoms with Gasteiger partial charge in [-0.2, -0.15) is 0 Å². The zero-order valence-corrected chi connectivity index (χ0v) is 55.5. The van der Waals surface area contributed by atoms with E-state index >= 15 is 14.4 Å². The van der Waals surface area contributed by atoms with Gasteiger partial charge >= 0.3 is 5.97 Å². The number of hydrogen-bond donors (Lipinski definition) is 4. The number of carbonyl (C=O) groups is 11. The van der Waals surface area contributed by atoms with E-state index in [4.69, 9.17) is 9.47 Å². The van der Waals surface area contributed by atoms with Crippen molar-refractivity contribution in [1.82, 2.24) is 45.3 Å². The number of amides is 10. The topological polar surface area (TPSA) is 274 Å². The standard InChI is InChI=1S/C63H95BrN10O13/c1-18-38(9)53-55(77)65-34-49(76)70(13)51(36(5)6)56(78)67-45(32-41-23-29-44(86-17)30-24-41)63(85)87-40(11)58(80)74-31-21-20-22-46(74)59(81)71(14)52(37(7)8)57(79)68-50(35(3)4)61(83)69(12)47(33-48(75)66-43-27-25-42(64)26-28-43)60(82)73(16)54(39(10)19-2)62(84)72(53)15/h23-30,35-40,45-47,50-54H,18-22,31-34H2,1-17H3,(H,65,77)(H,66,75)(H,67,78)(H,68,79)/t38?,39?,40-,45+,46+,47+,50+,51+,52+,53+,54+/m1/s1. The SMILES string of the molecule is CCC(C)[C@H]1C(=O)NCC(=O)N(C)[C@@H](C(C)C)C(=O)N[C@@H](Cc2ccc(OC)cc2)C(=O)O[C@H](C)C(=O)N2CCCC[C@H]2C(=O)N(C)[C@@H](C(C)C)C(=O)N[C@@H](C(C)C)C(=O)N(C)[C@@H](CC(=O)Nc2ccc(Br)cc2)C(=O)N(C)[C@@H](C(C)CC)C(=O)N1C. The molecule has 2 saturated heterocycles. The lowest BCUT2D eigenvalue weighted by Gasteiger charge is -2.41. The Bertz CT molecular complexity index is 2760. The van der Waals surface area contributed by atoms with E-state index in [9.17, 15) is 38.4 Å². The summed E-state index contributed by atoms with van der Waals surface area (Å²) < 4.78 is 12.0. The molecule has 2 aliphatic rings. The van der Waals surface area contributed by atoms with Gasteiger partial charge in [0.15, 0.2) is 6.10 Å². The van der Waals surface area contributed by atoms with E-state index in [0.717, 1.165) is 14.3 Å². The van der Waals surface area contributed by atoms with Crippen molar-refractivity contribution >= 4 is 86.7 Å². The number of likely N-dealkylation sites (N-methyl/N-ethyl adjacent to an activating group) is 5. The smallest absolute Gasteiger partial charge is 0.329 e. The Labute approximate surface area is 522 Å². The Balaban J connectivity index is 1.91. The summed E-state index contributed by atoms with van der Waals surface area (Å²) in [7, 11) is 8.49. The first-order valence-corrected chi connectivity index (χ1v) is 31.0. The lowest BCUT2D eigenvalue weighted by atomic mass is 9.92. The number of nitrogens with zero attached hydrogens (tertiary/aromatic N) is 6. The monoisotopic (exact) mass is 1280 g/mol. The molecule has 4 rings (SSSR count). The number of methoxy groups -OCH3 is 1. The van der Waals surface area contributed by atoms with Crippen LogP contribution in [0.5, 0.6) is 5.75 Å². The first kappa shape index (κ1) is 72.4. The Morgan fingerprint density at radius 2 is 1.17 bits per heavy atom. The van der Waals surface area contributed by atoms with Crippen molar-refractivity contribution < 1.29 is 62.2 Å². The molecular formula is C63H95BrN10O13. The number of rotatable bonds is 13. The Morgan fingerprint density at radius 3 is 1.72 bits per heavy atom. The molecule has 0 aromatic heterocycles. The molecule has 4 N–H and O–H groups in total. The molecule has 482 valence electrons. The van der Waals surface area contributed by atoms with Crippen LogP contribution in [0.3, 0.4) is 0 Å². The number of anilines is 1. The molecular weight excluding hydrogens is 1180 g/mol. The fraction of sp³-hybridized carbons (Fsp3) is 0.635. The quantitative estimate of drug-likeness (QED) is 0.199. The molecule has 10 amide bonds. The number of cyclic esters (lactones) is 1. The van der Waals surface area contributed by atoms with Crippen LogP contribution in [0.25, 0.3) is 0 Å². The molecule has 0 aliphatic carbocycles. The van der Waals surface area contributed by atoms with Gasteiger partial charge in [-0.1, -0.05) is 110 Å². The summed E-state index contributed by atoms with van der Waals surface area (Å²) in [5.41, 5.74) is 0.981. The van der Waals surface area contributed by atoms with Crippen LogP contribution in [0.15, 0.2) is 53.0 Å². The van der Waals surface area contributed by atoms with E-state index < -0.39 is 162 Å². The minimum Gasteiger partial charge on any atom is -0.497 e. The van der Waals surface area contributed by atoms with Crippen molar-refractivity contribution in [2.24, 2.45) is 29.6 Å². The summed E-state index contributed by atoms with van der Waals surface area (Å²) in [6.45, 7) is 18.3. The maximum atomic E-state index is 15.4. The number of fused-ring (bicyclic) bond motifs is 1. The number of hydrogen-bond acceptors (Lipinski definition) is 13.